The Hall–Kier alpha value is -0.251. The molecule has 0 heterocycles. The van der Waals surface area contributed by atoms with Gasteiger partial charge in [-0.05, 0) is 107 Å². The molecule has 0 saturated heterocycles. The Morgan fingerprint density at radius 1 is 0.440 bits per heavy atom. The molecule has 0 N–H and O–H groups in total. The predicted octanol–water partition coefficient (Wildman–Crippen LogP) is 7.94. The van der Waals surface area contributed by atoms with Crippen molar-refractivity contribution in [2.45, 2.75) is 41.5 Å². The van der Waals surface area contributed by atoms with Crippen LogP contribution in [0.15, 0.2) is 0 Å². The van der Waals surface area contributed by atoms with Crippen molar-refractivity contribution in [1.29, 1.82) is 0 Å². The standard InChI is InChI=1S/C12H18.C5H5.F6P.Fe/c1-7-8(2)10(4)12(6)11(5)9(7)3;1-2-4-5-3-1;1-7(2,3,4,5)6;/h1-6H3;1-5H;;/q;;-1;+2. The second-order valence-corrected chi connectivity index (χ2v) is 7.59. The molecule has 145 valence electrons. The van der Waals surface area contributed by atoms with Crippen LogP contribution in [0.5, 0.6) is 0 Å². The average Bonchev–Trinajstić information content (AvgIpc) is 2.96. The van der Waals surface area contributed by atoms with E-state index < -0.39 is 7.81 Å². The summed E-state index contributed by atoms with van der Waals surface area (Å²) in [5.41, 5.74) is 8.73. The first-order valence-electron chi connectivity index (χ1n) is 7.18. The summed E-state index contributed by atoms with van der Waals surface area (Å²) in [4.78, 5) is 0. The minimum Gasteiger partial charge on any atom is -0.0312 e. The summed E-state index contributed by atoms with van der Waals surface area (Å²) in [5.74, 6) is 0. The van der Waals surface area contributed by atoms with Gasteiger partial charge in [-0.3, -0.25) is 0 Å². The molecular weight excluding hydrogens is 405 g/mol. The van der Waals surface area contributed by atoms with E-state index in [9.17, 15) is 25.2 Å². The van der Waals surface area contributed by atoms with Crippen LogP contribution >= 0.6 is 7.81 Å². The molecule has 1 aliphatic carbocycles. The predicted molar refractivity (Wildman–Crippen MR) is 89.9 cm³/mol. The van der Waals surface area contributed by atoms with Crippen molar-refractivity contribution in [1.82, 2.24) is 0 Å². The van der Waals surface area contributed by atoms with Crippen molar-refractivity contribution in [3.63, 3.8) is 0 Å². The van der Waals surface area contributed by atoms with E-state index >= 15 is 0 Å². The van der Waals surface area contributed by atoms with Gasteiger partial charge in [-0.25, -0.2) is 0 Å². The van der Waals surface area contributed by atoms with E-state index in [-0.39, 0.29) is 17.1 Å². The molecule has 8 heteroatoms. The van der Waals surface area contributed by atoms with Gasteiger partial charge in [0.15, 0.2) is 0 Å². The molecule has 25 heavy (non-hydrogen) atoms. The number of benzene rings is 1. The van der Waals surface area contributed by atoms with Gasteiger partial charge in [-0.1, -0.05) is 0 Å². The quantitative estimate of drug-likeness (QED) is 0.224. The van der Waals surface area contributed by atoms with E-state index in [2.05, 4.69) is 41.5 Å². The number of rotatable bonds is 0. The van der Waals surface area contributed by atoms with Gasteiger partial charge >= 0.3 is 50.1 Å². The third kappa shape index (κ3) is 13.6. The van der Waals surface area contributed by atoms with Crippen molar-refractivity contribution in [3.8, 4) is 0 Å². The van der Waals surface area contributed by atoms with E-state index in [0.717, 1.165) is 0 Å². The molecule has 5 radical (unpaired) electrons. The summed E-state index contributed by atoms with van der Waals surface area (Å²) >= 11 is 0. The summed E-state index contributed by atoms with van der Waals surface area (Å²) in [5, 5.41) is 0. The minimum absolute atomic E-state index is 0. The van der Waals surface area contributed by atoms with Crippen molar-refractivity contribution in [2.24, 2.45) is 0 Å². The SMILES string of the molecule is Cc1c(C)c(C)c(C)c(C)c1C.F[P-](F)(F)(F)(F)F.[CH]1[CH][CH][CH][CH]1.[Fe+2]. The molecule has 1 fully saturated rings. The van der Waals surface area contributed by atoms with E-state index in [1.165, 1.54) is 33.4 Å². The molecule has 1 aromatic carbocycles. The summed E-state index contributed by atoms with van der Waals surface area (Å²) < 4.78 is 59.2. The Morgan fingerprint density at radius 2 is 0.520 bits per heavy atom. The summed E-state index contributed by atoms with van der Waals surface area (Å²) in [6.07, 6.45) is 10.0. The maximum Gasteiger partial charge on any atom is 2.00 e. The van der Waals surface area contributed by atoms with Crippen LogP contribution in [0.4, 0.5) is 25.2 Å². The first-order valence-corrected chi connectivity index (χ1v) is 9.21. The van der Waals surface area contributed by atoms with E-state index in [1.807, 2.05) is 32.1 Å². The van der Waals surface area contributed by atoms with Gasteiger partial charge < -0.3 is 0 Å². The maximum atomic E-state index is 9.87. The zero-order valence-corrected chi connectivity index (χ0v) is 17.0. The summed E-state index contributed by atoms with van der Waals surface area (Å²) in [6, 6.07) is 0. The second-order valence-electron chi connectivity index (χ2n) is 5.67. The fourth-order valence-corrected chi connectivity index (χ4v) is 2.01. The number of hydrogen-bond donors (Lipinski definition) is 0. The van der Waals surface area contributed by atoms with Crippen LogP contribution in [0.1, 0.15) is 33.4 Å². The first-order chi connectivity index (χ1) is 10.4. The zero-order valence-electron chi connectivity index (χ0n) is 15.0. The molecule has 0 aromatic heterocycles. The number of halogens is 6. The average molecular weight is 428 g/mol. The molecule has 0 spiro atoms. The zero-order chi connectivity index (χ0) is 19.4. The van der Waals surface area contributed by atoms with Gasteiger partial charge in [-0.2, -0.15) is 0 Å². The fraction of sp³-hybridized carbons (Fsp3) is 0.353. The van der Waals surface area contributed by atoms with Crippen LogP contribution in [-0.4, -0.2) is 0 Å². The Labute approximate surface area is 157 Å². The molecule has 2 rings (SSSR count). The van der Waals surface area contributed by atoms with Gasteiger partial charge in [-0.15, -0.1) is 0 Å². The third-order valence-electron chi connectivity index (χ3n) is 3.93. The van der Waals surface area contributed by atoms with E-state index in [0.29, 0.717) is 0 Å². The smallest absolute Gasteiger partial charge is 0.0312 e. The topological polar surface area (TPSA) is 0 Å². The Balaban J connectivity index is 0. The molecule has 0 atom stereocenters. The Bertz CT molecular complexity index is 450. The third-order valence-corrected chi connectivity index (χ3v) is 3.93. The Morgan fingerprint density at radius 3 is 0.600 bits per heavy atom. The van der Waals surface area contributed by atoms with E-state index in [1.54, 1.807) is 0 Å². The van der Waals surface area contributed by atoms with Gasteiger partial charge in [0.05, 0.1) is 0 Å². The molecule has 0 nitrogen and oxygen atoms in total. The molecule has 0 unspecified atom stereocenters. The van der Waals surface area contributed by atoms with Crippen molar-refractivity contribution in [2.75, 3.05) is 0 Å². The summed E-state index contributed by atoms with van der Waals surface area (Å²) in [7, 11) is -10.7. The largest absolute Gasteiger partial charge is 2.00 e. The molecule has 1 aromatic rings. The normalized spacial score (nSPS) is 16.3. The van der Waals surface area contributed by atoms with Crippen molar-refractivity contribution in [3.05, 3.63) is 65.5 Å². The first kappa shape index (κ1) is 27.0. The van der Waals surface area contributed by atoms with Crippen LogP contribution in [-0.2, 0) is 17.1 Å². The van der Waals surface area contributed by atoms with Crippen LogP contribution in [0.3, 0.4) is 0 Å². The molecule has 0 bridgehead atoms. The van der Waals surface area contributed by atoms with Crippen molar-refractivity contribution < 1.29 is 42.3 Å². The van der Waals surface area contributed by atoms with Gasteiger partial charge in [0.1, 0.15) is 0 Å². The van der Waals surface area contributed by atoms with Crippen LogP contribution in [0, 0.1) is 73.6 Å². The maximum absolute atomic E-state index is 10.7. The van der Waals surface area contributed by atoms with Gasteiger partial charge in [0.25, 0.3) is 0 Å². The van der Waals surface area contributed by atoms with Crippen LogP contribution < -0.4 is 0 Å². The minimum atomic E-state index is -10.7. The van der Waals surface area contributed by atoms with E-state index in [4.69, 9.17) is 0 Å². The Kier molecular flexibility index (Phi) is 9.31. The van der Waals surface area contributed by atoms with Crippen LogP contribution in [0.25, 0.3) is 0 Å². The molecule has 1 aliphatic rings. The van der Waals surface area contributed by atoms with Gasteiger partial charge in [0.2, 0.25) is 0 Å². The van der Waals surface area contributed by atoms with Crippen LogP contribution in [0.2, 0.25) is 0 Å². The fourth-order valence-electron chi connectivity index (χ4n) is 2.01. The van der Waals surface area contributed by atoms with Gasteiger partial charge in [0, 0.05) is 0 Å². The molecule has 1 saturated carbocycles. The summed E-state index contributed by atoms with van der Waals surface area (Å²) in [6.45, 7) is 13.3. The molecule has 0 aliphatic heterocycles. The monoisotopic (exact) mass is 428 g/mol. The van der Waals surface area contributed by atoms with Crippen molar-refractivity contribution >= 4 is 7.81 Å². The molecular formula is C17H23F6FeP+. The molecule has 0 amide bonds. The number of hydrogen-bond acceptors (Lipinski definition) is 0. The second kappa shape index (κ2) is 8.63.